The van der Waals surface area contributed by atoms with Gasteiger partial charge in [-0.25, -0.2) is 0 Å². The van der Waals surface area contributed by atoms with Gasteiger partial charge in [0.05, 0.1) is 26.4 Å². The van der Waals surface area contributed by atoms with E-state index in [-0.39, 0.29) is 11.5 Å². The Bertz CT molecular complexity index is 454. The second kappa shape index (κ2) is 5.00. The lowest BCUT2D eigenvalue weighted by atomic mass is 9.75. The molecule has 0 bridgehead atoms. The molecular weight excluding hydrogens is 244 g/mol. The summed E-state index contributed by atoms with van der Waals surface area (Å²) in [6.45, 7) is 3.15. The molecule has 0 aliphatic carbocycles. The lowest BCUT2D eigenvalue weighted by Gasteiger charge is -2.45. The molecule has 2 heterocycles. The van der Waals surface area contributed by atoms with Crippen molar-refractivity contribution in [3.05, 3.63) is 23.8 Å². The van der Waals surface area contributed by atoms with E-state index >= 15 is 0 Å². The fraction of sp³-hybridized carbons (Fsp3) is 0.571. The lowest BCUT2D eigenvalue weighted by molar-refractivity contribution is -0.121. The Morgan fingerprint density at radius 1 is 1.16 bits per heavy atom. The second-order valence-electron chi connectivity index (χ2n) is 5.29. The largest absolute Gasteiger partial charge is 0.490 e. The van der Waals surface area contributed by atoms with Crippen molar-refractivity contribution in [3.8, 4) is 11.5 Å². The second-order valence-corrected chi connectivity index (χ2v) is 5.29. The summed E-state index contributed by atoms with van der Waals surface area (Å²) in [4.78, 5) is 0. The molecule has 4 N–H and O–H groups in total. The van der Waals surface area contributed by atoms with Crippen LogP contribution in [-0.4, -0.2) is 33.0 Å². The molecule has 1 aromatic carbocycles. The van der Waals surface area contributed by atoms with Crippen LogP contribution in [0.2, 0.25) is 0 Å². The molecule has 0 amide bonds. The number of fused-ring (bicyclic) bond motifs is 1. The van der Waals surface area contributed by atoms with Crippen molar-refractivity contribution in [3.63, 3.8) is 0 Å². The monoisotopic (exact) mass is 264 g/mol. The van der Waals surface area contributed by atoms with Crippen molar-refractivity contribution in [2.24, 2.45) is 16.9 Å². The SMILES string of the molecule is NCC1(C(N)c2ccc3c(c2)OCCCO3)COC1. The fourth-order valence-electron chi connectivity index (χ4n) is 2.52. The molecule has 0 aromatic heterocycles. The molecule has 19 heavy (non-hydrogen) atoms. The zero-order valence-corrected chi connectivity index (χ0v) is 10.9. The Morgan fingerprint density at radius 3 is 2.53 bits per heavy atom. The first-order valence-electron chi connectivity index (χ1n) is 6.68. The van der Waals surface area contributed by atoms with Crippen LogP contribution in [0.25, 0.3) is 0 Å². The summed E-state index contributed by atoms with van der Waals surface area (Å²) in [5.41, 5.74) is 13.1. The van der Waals surface area contributed by atoms with Gasteiger partial charge in [0.2, 0.25) is 0 Å². The van der Waals surface area contributed by atoms with Gasteiger partial charge in [-0.15, -0.1) is 0 Å². The van der Waals surface area contributed by atoms with Crippen molar-refractivity contribution in [2.45, 2.75) is 12.5 Å². The van der Waals surface area contributed by atoms with E-state index in [1.54, 1.807) is 0 Å². The van der Waals surface area contributed by atoms with Crippen LogP contribution >= 0.6 is 0 Å². The van der Waals surface area contributed by atoms with Crippen molar-refractivity contribution < 1.29 is 14.2 Å². The minimum atomic E-state index is -0.139. The number of hydrogen-bond donors (Lipinski definition) is 2. The number of rotatable bonds is 3. The molecule has 0 spiro atoms. The molecule has 1 fully saturated rings. The van der Waals surface area contributed by atoms with Gasteiger partial charge in [0.1, 0.15) is 0 Å². The van der Waals surface area contributed by atoms with E-state index in [0.29, 0.717) is 33.0 Å². The van der Waals surface area contributed by atoms with Gasteiger partial charge in [-0.2, -0.15) is 0 Å². The van der Waals surface area contributed by atoms with Crippen LogP contribution in [0, 0.1) is 5.41 Å². The molecular formula is C14H20N2O3. The zero-order chi connectivity index (χ0) is 13.3. The summed E-state index contributed by atoms with van der Waals surface area (Å²) in [6.07, 6.45) is 0.899. The predicted molar refractivity (Wildman–Crippen MR) is 71.3 cm³/mol. The maximum absolute atomic E-state index is 6.36. The lowest BCUT2D eigenvalue weighted by Crippen LogP contribution is -2.54. The summed E-state index contributed by atoms with van der Waals surface area (Å²) in [6, 6.07) is 5.76. The van der Waals surface area contributed by atoms with E-state index in [1.807, 2.05) is 18.2 Å². The maximum Gasteiger partial charge on any atom is 0.161 e. The first kappa shape index (κ1) is 12.7. The van der Waals surface area contributed by atoms with Gasteiger partial charge in [-0.05, 0) is 17.7 Å². The minimum Gasteiger partial charge on any atom is -0.490 e. The molecule has 2 aliphatic rings. The highest BCUT2D eigenvalue weighted by molar-refractivity contribution is 5.44. The molecule has 0 radical (unpaired) electrons. The van der Waals surface area contributed by atoms with Crippen molar-refractivity contribution in [2.75, 3.05) is 33.0 Å². The smallest absolute Gasteiger partial charge is 0.161 e. The van der Waals surface area contributed by atoms with Gasteiger partial charge >= 0.3 is 0 Å². The molecule has 2 aliphatic heterocycles. The number of ether oxygens (including phenoxy) is 3. The van der Waals surface area contributed by atoms with Crippen LogP contribution in [0.1, 0.15) is 18.0 Å². The molecule has 5 heteroatoms. The van der Waals surface area contributed by atoms with Gasteiger partial charge < -0.3 is 25.7 Å². The molecule has 1 atom stereocenters. The molecule has 1 aromatic rings. The third-order valence-electron chi connectivity index (χ3n) is 3.98. The zero-order valence-electron chi connectivity index (χ0n) is 10.9. The van der Waals surface area contributed by atoms with Crippen LogP contribution in [0.5, 0.6) is 11.5 Å². The van der Waals surface area contributed by atoms with Crippen LogP contribution < -0.4 is 20.9 Å². The Kier molecular flexibility index (Phi) is 3.35. The Morgan fingerprint density at radius 2 is 1.89 bits per heavy atom. The van der Waals surface area contributed by atoms with Gasteiger partial charge in [0, 0.05) is 24.4 Å². The highest BCUT2D eigenvalue weighted by Crippen LogP contribution is 2.40. The third-order valence-corrected chi connectivity index (χ3v) is 3.98. The van der Waals surface area contributed by atoms with Crippen molar-refractivity contribution in [1.29, 1.82) is 0 Å². The van der Waals surface area contributed by atoms with E-state index in [0.717, 1.165) is 23.5 Å². The van der Waals surface area contributed by atoms with Crippen LogP contribution in [0.15, 0.2) is 18.2 Å². The predicted octanol–water partition coefficient (Wildman–Crippen LogP) is 0.823. The minimum absolute atomic E-state index is 0.136. The Balaban J connectivity index is 1.87. The Hall–Kier alpha value is -1.30. The summed E-state index contributed by atoms with van der Waals surface area (Å²) in [7, 11) is 0. The normalized spacial score (nSPS) is 22.2. The molecule has 1 saturated heterocycles. The molecule has 3 rings (SSSR count). The topological polar surface area (TPSA) is 79.7 Å². The van der Waals surface area contributed by atoms with Gasteiger partial charge in [-0.3, -0.25) is 0 Å². The first-order valence-corrected chi connectivity index (χ1v) is 6.68. The quantitative estimate of drug-likeness (QED) is 0.845. The van der Waals surface area contributed by atoms with Gasteiger partial charge in [0.15, 0.2) is 11.5 Å². The first-order chi connectivity index (χ1) is 9.25. The summed E-state index contributed by atoms with van der Waals surface area (Å²) >= 11 is 0. The fourth-order valence-corrected chi connectivity index (χ4v) is 2.52. The average molecular weight is 264 g/mol. The van der Waals surface area contributed by atoms with E-state index < -0.39 is 0 Å². The Labute approximate surface area is 112 Å². The maximum atomic E-state index is 6.36. The number of hydrogen-bond acceptors (Lipinski definition) is 5. The van der Waals surface area contributed by atoms with Crippen molar-refractivity contribution in [1.82, 2.24) is 0 Å². The van der Waals surface area contributed by atoms with Crippen LogP contribution in [-0.2, 0) is 4.74 Å². The van der Waals surface area contributed by atoms with E-state index in [1.165, 1.54) is 0 Å². The molecule has 1 unspecified atom stereocenters. The standard InChI is InChI=1S/C14H20N2O3/c15-7-14(8-17-9-14)13(16)10-2-3-11-12(6-10)19-5-1-4-18-11/h2-3,6,13H,1,4-5,7-9,15-16H2. The third kappa shape index (κ3) is 2.18. The van der Waals surface area contributed by atoms with Crippen molar-refractivity contribution >= 4 is 0 Å². The van der Waals surface area contributed by atoms with Crippen LogP contribution in [0.3, 0.4) is 0 Å². The van der Waals surface area contributed by atoms with Gasteiger partial charge in [-0.1, -0.05) is 6.07 Å². The summed E-state index contributed by atoms with van der Waals surface area (Å²) in [5.74, 6) is 1.57. The average Bonchev–Trinajstić information content (AvgIpc) is 2.62. The summed E-state index contributed by atoms with van der Waals surface area (Å²) in [5, 5.41) is 0. The summed E-state index contributed by atoms with van der Waals surface area (Å²) < 4.78 is 16.6. The highest BCUT2D eigenvalue weighted by atomic mass is 16.5. The molecule has 104 valence electrons. The van der Waals surface area contributed by atoms with E-state index in [4.69, 9.17) is 25.7 Å². The van der Waals surface area contributed by atoms with E-state index in [2.05, 4.69) is 0 Å². The number of benzene rings is 1. The van der Waals surface area contributed by atoms with Gasteiger partial charge in [0.25, 0.3) is 0 Å². The molecule has 5 nitrogen and oxygen atoms in total. The van der Waals surface area contributed by atoms with E-state index in [9.17, 15) is 0 Å². The molecule has 0 saturated carbocycles. The highest BCUT2D eigenvalue weighted by Gasteiger charge is 2.43. The van der Waals surface area contributed by atoms with Crippen LogP contribution in [0.4, 0.5) is 0 Å². The number of nitrogens with two attached hydrogens (primary N) is 2.